The second kappa shape index (κ2) is 6.42. The second-order valence-electron chi connectivity index (χ2n) is 6.36. The maximum absolute atomic E-state index is 10.6. The van der Waals surface area contributed by atoms with Gasteiger partial charge in [-0.3, -0.25) is 9.56 Å². The first kappa shape index (κ1) is 16.5. The Balaban J connectivity index is 1.82. The quantitative estimate of drug-likeness (QED) is 0.693. The molecule has 2 aromatic carbocycles. The molecule has 1 N–H and O–H groups in total. The molecule has 0 aliphatic carbocycles. The van der Waals surface area contributed by atoms with Crippen molar-refractivity contribution < 1.29 is 5.11 Å². The third kappa shape index (κ3) is 2.80. The average molecular weight is 361 g/mol. The Morgan fingerprint density at radius 2 is 1.81 bits per heavy atom. The standard InChI is InChI=1S/C21H19N3OS/c1-13-7-6-8-14(2)19(13)23-21-24(3)20(25)18(26-21)11-15-12-22-17-10-5-4-9-16(15)17/h4-12,25H,1-3H3/b15-11-,23-21?. The molecule has 1 aliphatic rings. The molecule has 5 heteroatoms. The smallest absolute Gasteiger partial charge is 0.210 e. The van der Waals surface area contributed by atoms with Crippen molar-refractivity contribution in [1.82, 2.24) is 4.57 Å². The van der Waals surface area contributed by atoms with E-state index in [-0.39, 0.29) is 5.88 Å². The fraction of sp³-hybridized carbons (Fsp3) is 0.143. The van der Waals surface area contributed by atoms with Crippen LogP contribution in [0.4, 0.5) is 11.4 Å². The number of rotatable bonds is 2. The van der Waals surface area contributed by atoms with Gasteiger partial charge in [0.2, 0.25) is 5.88 Å². The van der Waals surface area contributed by atoms with Crippen LogP contribution in [0.1, 0.15) is 21.6 Å². The molecule has 0 bridgehead atoms. The summed E-state index contributed by atoms with van der Waals surface area (Å²) in [6.45, 7) is 4.10. The molecular weight excluding hydrogens is 342 g/mol. The van der Waals surface area contributed by atoms with E-state index >= 15 is 0 Å². The third-order valence-corrected chi connectivity index (χ3v) is 5.59. The number of fused-ring (bicyclic) bond motifs is 1. The van der Waals surface area contributed by atoms with Gasteiger partial charge in [-0.25, -0.2) is 4.99 Å². The van der Waals surface area contributed by atoms with E-state index in [9.17, 15) is 5.11 Å². The van der Waals surface area contributed by atoms with Crippen LogP contribution in [0.3, 0.4) is 0 Å². The van der Waals surface area contributed by atoms with Crippen molar-refractivity contribution in [2.75, 3.05) is 0 Å². The zero-order chi connectivity index (χ0) is 18.3. The van der Waals surface area contributed by atoms with Crippen molar-refractivity contribution in [3.8, 4) is 5.88 Å². The summed E-state index contributed by atoms with van der Waals surface area (Å²) >= 11 is 1.47. The number of hydrogen-bond donors (Lipinski definition) is 1. The largest absolute Gasteiger partial charge is 0.493 e. The lowest BCUT2D eigenvalue weighted by Gasteiger charge is -2.03. The van der Waals surface area contributed by atoms with Crippen LogP contribution in [0, 0.1) is 13.8 Å². The number of thiazole rings is 1. The second-order valence-corrected chi connectivity index (χ2v) is 7.37. The Bertz CT molecular complexity index is 1110. The van der Waals surface area contributed by atoms with Crippen LogP contribution in [0.5, 0.6) is 5.88 Å². The fourth-order valence-electron chi connectivity index (χ4n) is 3.03. The van der Waals surface area contributed by atoms with Gasteiger partial charge in [-0.1, -0.05) is 47.7 Å². The summed E-state index contributed by atoms with van der Waals surface area (Å²) in [4.78, 5) is 10.8. The molecule has 4 nitrogen and oxygen atoms in total. The summed E-state index contributed by atoms with van der Waals surface area (Å²) in [7, 11) is 1.83. The van der Waals surface area contributed by atoms with Crippen LogP contribution in [0.15, 0.2) is 52.4 Å². The van der Waals surface area contributed by atoms with E-state index in [0.717, 1.165) is 43.3 Å². The maximum atomic E-state index is 10.6. The number of aliphatic imine (C=N–C) groups is 1. The SMILES string of the molecule is Cc1cccc(C)c1N=c1sc(/C=C2/C=Nc3ccccc32)c(O)n1C. The minimum atomic E-state index is 0.213. The molecule has 0 saturated heterocycles. The van der Waals surface area contributed by atoms with E-state index < -0.39 is 0 Å². The van der Waals surface area contributed by atoms with Gasteiger partial charge in [-0.05, 0) is 37.1 Å². The molecule has 0 spiro atoms. The van der Waals surface area contributed by atoms with Gasteiger partial charge in [0.05, 0.1) is 16.3 Å². The van der Waals surface area contributed by atoms with Crippen LogP contribution in [-0.2, 0) is 7.05 Å². The van der Waals surface area contributed by atoms with Crippen LogP contribution in [0.2, 0.25) is 0 Å². The van der Waals surface area contributed by atoms with E-state index in [2.05, 4.69) is 4.99 Å². The highest BCUT2D eigenvalue weighted by Crippen LogP contribution is 2.34. The number of hydrogen-bond acceptors (Lipinski definition) is 4. The van der Waals surface area contributed by atoms with E-state index in [1.54, 1.807) is 4.57 Å². The zero-order valence-corrected chi connectivity index (χ0v) is 15.7. The molecule has 0 radical (unpaired) electrons. The van der Waals surface area contributed by atoms with Crippen molar-refractivity contribution in [2.24, 2.45) is 17.0 Å². The summed E-state index contributed by atoms with van der Waals surface area (Å²) in [6, 6.07) is 14.1. The van der Waals surface area contributed by atoms with Crippen molar-refractivity contribution in [2.45, 2.75) is 13.8 Å². The summed E-state index contributed by atoms with van der Waals surface area (Å²) in [5.74, 6) is 0.213. The molecule has 0 unspecified atom stereocenters. The summed E-state index contributed by atoms with van der Waals surface area (Å²) in [5, 5.41) is 10.6. The van der Waals surface area contributed by atoms with E-state index in [1.165, 1.54) is 11.3 Å². The molecule has 0 amide bonds. The molecule has 130 valence electrons. The Labute approximate surface area is 156 Å². The number of benzene rings is 2. The number of allylic oxidation sites excluding steroid dienone is 1. The van der Waals surface area contributed by atoms with Crippen LogP contribution in [-0.4, -0.2) is 15.9 Å². The molecule has 4 rings (SSSR count). The Morgan fingerprint density at radius 1 is 1.08 bits per heavy atom. The van der Waals surface area contributed by atoms with Gasteiger partial charge in [0.1, 0.15) is 0 Å². The van der Waals surface area contributed by atoms with Gasteiger partial charge >= 0.3 is 0 Å². The van der Waals surface area contributed by atoms with Crippen molar-refractivity contribution >= 4 is 40.6 Å². The van der Waals surface area contributed by atoms with Crippen molar-refractivity contribution in [3.05, 3.63) is 68.8 Å². The Hall–Kier alpha value is -2.92. The number of aromatic nitrogens is 1. The molecule has 1 aromatic heterocycles. The molecule has 0 saturated carbocycles. The third-order valence-electron chi connectivity index (χ3n) is 4.52. The van der Waals surface area contributed by atoms with Gasteiger partial charge in [0, 0.05) is 24.4 Å². The van der Waals surface area contributed by atoms with Crippen LogP contribution >= 0.6 is 11.3 Å². The average Bonchev–Trinajstić information content (AvgIpc) is 3.15. The molecule has 26 heavy (non-hydrogen) atoms. The summed E-state index contributed by atoms with van der Waals surface area (Å²) < 4.78 is 1.72. The van der Waals surface area contributed by atoms with E-state index in [0.29, 0.717) is 0 Å². The lowest BCUT2D eigenvalue weighted by atomic mass is 10.1. The normalized spacial score (nSPS) is 15.0. The minimum absolute atomic E-state index is 0.213. The fourth-order valence-corrected chi connectivity index (χ4v) is 4.00. The van der Waals surface area contributed by atoms with Crippen LogP contribution < -0.4 is 4.80 Å². The maximum Gasteiger partial charge on any atom is 0.210 e. The van der Waals surface area contributed by atoms with Gasteiger partial charge in [-0.2, -0.15) is 0 Å². The lowest BCUT2D eigenvalue weighted by molar-refractivity contribution is 0.427. The van der Waals surface area contributed by atoms with Gasteiger partial charge in [0.25, 0.3) is 0 Å². The molecular formula is C21H19N3OS. The highest BCUT2D eigenvalue weighted by molar-refractivity contribution is 7.10. The number of aromatic hydroxyl groups is 1. The van der Waals surface area contributed by atoms with Crippen molar-refractivity contribution in [1.29, 1.82) is 0 Å². The topological polar surface area (TPSA) is 49.9 Å². The first-order valence-corrected chi connectivity index (χ1v) is 9.21. The summed E-state index contributed by atoms with van der Waals surface area (Å²) in [6.07, 6.45) is 3.81. The number of aryl methyl sites for hydroxylation is 2. The molecule has 0 atom stereocenters. The zero-order valence-electron chi connectivity index (χ0n) is 14.9. The summed E-state index contributed by atoms with van der Waals surface area (Å²) in [5.41, 5.74) is 6.23. The first-order chi connectivity index (χ1) is 12.5. The molecule has 3 aromatic rings. The predicted molar refractivity (Wildman–Crippen MR) is 109 cm³/mol. The molecule has 1 aliphatic heterocycles. The van der Waals surface area contributed by atoms with Gasteiger partial charge < -0.3 is 5.11 Å². The highest BCUT2D eigenvalue weighted by atomic mass is 32.1. The highest BCUT2D eigenvalue weighted by Gasteiger charge is 2.14. The Morgan fingerprint density at radius 3 is 2.58 bits per heavy atom. The first-order valence-electron chi connectivity index (χ1n) is 8.39. The monoisotopic (exact) mass is 361 g/mol. The van der Waals surface area contributed by atoms with Crippen LogP contribution in [0.25, 0.3) is 11.6 Å². The lowest BCUT2D eigenvalue weighted by Crippen LogP contribution is -2.09. The van der Waals surface area contributed by atoms with E-state index in [4.69, 9.17) is 4.99 Å². The van der Waals surface area contributed by atoms with Crippen molar-refractivity contribution in [3.63, 3.8) is 0 Å². The minimum Gasteiger partial charge on any atom is -0.493 e. The number of nitrogens with zero attached hydrogens (tertiary/aromatic N) is 3. The molecule has 0 fully saturated rings. The van der Waals surface area contributed by atoms with Gasteiger partial charge in [0.15, 0.2) is 4.80 Å². The number of para-hydroxylation sites is 2. The van der Waals surface area contributed by atoms with Gasteiger partial charge in [-0.15, -0.1) is 0 Å². The Kier molecular flexibility index (Phi) is 4.09. The predicted octanol–water partition coefficient (Wildman–Crippen LogP) is 4.90. The molecule has 2 heterocycles. The van der Waals surface area contributed by atoms with E-state index in [1.807, 2.05) is 75.7 Å².